The molecule has 0 bridgehead atoms. The SMILES string of the molecule is CC(C)(C)OC(=O)N1CCc2cc(CN)oc2CC1. The lowest BCUT2D eigenvalue weighted by molar-refractivity contribution is 0.0257. The van der Waals surface area contributed by atoms with Crippen LogP contribution in [0.1, 0.15) is 37.9 Å². The van der Waals surface area contributed by atoms with Gasteiger partial charge in [-0.25, -0.2) is 4.79 Å². The average molecular weight is 266 g/mol. The van der Waals surface area contributed by atoms with E-state index in [0.717, 1.165) is 23.5 Å². The quantitative estimate of drug-likeness (QED) is 0.845. The third kappa shape index (κ3) is 3.50. The molecule has 0 aliphatic carbocycles. The van der Waals surface area contributed by atoms with E-state index in [2.05, 4.69) is 0 Å². The molecule has 0 atom stereocenters. The Labute approximate surface area is 113 Å². The summed E-state index contributed by atoms with van der Waals surface area (Å²) in [6.45, 7) is 7.33. The lowest BCUT2D eigenvalue weighted by Crippen LogP contribution is -2.38. The number of hydrogen-bond donors (Lipinski definition) is 1. The Morgan fingerprint density at radius 2 is 2.11 bits per heavy atom. The van der Waals surface area contributed by atoms with Gasteiger partial charge >= 0.3 is 6.09 Å². The van der Waals surface area contributed by atoms with Gasteiger partial charge in [-0.15, -0.1) is 0 Å². The molecular weight excluding hydrogens is 244 g/mol. The van der Waals surface area contributed by atoms with Crippen molar-refractivity contribution in [3.05, 3.63) is 23.2 Å². The van der Waals surface area contributed by atoms with Gasteiger partial charge in [0.05, 0.1) is 6.54 Å². The van der Waals surface area contributed by atoms with Crippen LogP contribution < -0.4 is 5.73 Å². The first kappa shape index (κ1) is 13.9. The molecule has 1 amide bonds. The third-order valence-electron chi connectivity index (χ3n) is 3.06. The van der Waals surface area contributed by atoms with Gasteiger partial charge in [0.15, 0.2) is 0 Å². The zero-order valence-corrected chi connectivity index (χ0v) is 11.9. The molecule has 0 unspecified atom stereocenters. The van der Waals surface area contributed by atoms with Crippen molar-refractivity contribution in [3.63, 3.8) is 0 Å². The second kappa shape index (κ2) is 5.25. The Balaban J connectivity index is 2.00. The molecule has 2 heterocycles. The fourth-order valence-corrected chi connectivity index (χ4v) is 2.16. The van der Waals surface area contributed by atoms with Gasteiger partial charge in [0.25, 0.3) is 0 Å². The van der Waals surface area contributed by atoms with E-state index in [1.165, 1.54) is 0 Å². The maximum absolute atomic E-state index is 12.0. The fraction of sp³-hybridized carbons (Fsp3) is 0.643. The topological polar surface area (TPSA) is 68.7 Å². The van der Waals surface area contributed by atoms with Crippen molar-refractivity contribution in [3.8, 4) is 0 Å². The van der Waals surface area contributed by atoms with Gasteiger partial charge in [0.2, 0.25) is 0 Å². The standard InChI is InChI=1S/C14H22N2O3/c1-14(2,3)19-13(17)16-6-4-10-8-11(9-15)18-12(10)5-7-16/h8H,4-7,9,15H2,1-3H3. The molecule has 106 valence electrons. The summed E-state index contributed by atoms with van der Waals surface area (Å²) in [4.78, 5) is 13.8. The van der Waals surface area contributed by atoms with Gasteiger partial charge in [-0.1, -0.05) is 0 Å². The Morgan fingerprint density at radius 1 is 1.42 bits per heavy atom. The molecule has 1 aromatic rings. The largest absolute Gasteiger partial charge is 0.464 e. The summed E-state index contributed by atoms with van der Waals surface area (Å²) in [5.74, 6) is 1.77. The van der Waals surface area contributed by atoms with E-state index in [1.807, 2.05) is 26.8 Å². The number of rotatable bonds is 1. The van der Waals surface area contributed by atoms with Crippen LogP contribution in [-0.4, -0.2) is 29.7 Å². The van der Waals surface area contributed by atoms with Crippen molar-refractivity contribution in [1.29, 1.82) is 0 Å². The van der Waals surface area contributed by atoms with Crippen molar-refractivity contribution in [2.24, 2.45) is 5.73 Å². The Morgan fingerprint density at radius 3 is 2.74 bits per heavy atom. The van der Waals surface area contributed by atoms with Crippen molar-refractivity contribution in [1.82, 2.24) is 4.90 Å². The summed E-state index contributed by atoms with van der Waals surface area (Å²) in [5, 5.41) is 0. The van der Waals surface area contributed by atoms with Crippen LogP contribution >= 0.6 is 0 Å². The van der Waals surface area contributed by atoms with Crippen LogP contribution in [0.4, 0.5) is 4.79 Å². The van der Waals surface area contributed by atoms with Gasteiger partial charge in [-0.3, -0.25) is 0 Å². The highest BCUT2D eigenvalue weighted by molar-refractivity contribution is 5.68. The van der Waals surface area contributed by atoms with Crippen LogP contribution in [-0.2, 0) is 24.1 Å². The van der Waals surface area contributed by atoms with Crippen LogP contribution in [0, 0.1) is 0 Å². The number of carbonyl (C=O) groups excluding carboxylic acids is 1. The van der Waals surface area contributed by atoms with Crippen LogP contribution in [0.15, 0.2) is 10.5 Å². The minimum absolute atomic E-state index is 0.253. The number of hydrogen-bond acceptors (Lipinski definition) is 4. The summed E-state index contributed by atoms with van der Waals surface area (Å²) in [6, 6.07) is 1.99. The average Bonchev–Trinajstić information content (AvgIpc) is 2.59. The van der Waals surface area contributed by atoms with E-state index in [4.69, 9.17) is 14.9 Å². The summed E-state index contributed by atoms with van der Waals surface area (Å²) in [6.07, 6.45) is 1.25. The smallest absolute Gasteiger partial charge is 0.410 e. The molecule has 1 aliphatic rings. The van der Waals surface area contributed by atoms with E-state index in [9.17, 15) is 4.79 Å². The predicted octanol–water partition coefficient (Wildman–Crippen LogP) is 2.07. The van der Waals surface area contributed by atoms with Gasteiger partial charge in [0.1, 0.15) is 17.1 Å². The molecule has 5 heteroatoms. The zero-order chi connectivity index (χ0) is 14.0. The minimum Gasteiger partial charge on any atom is -0.464 e. The molecule has 0 radical (unpaired) electrons. The van der Waals surface area contributed by atoms with E-state index in [-0.39, 0.29) is 6.09 Å². The number of nitrogens with zero attached hydrogens (tertiary/aromatic N) is 1. The molecule has 2 N–H and O–H groups in total. The molecule has 1 aromatic heterocycles. The van der Waals surface area contributed by atoms with Crippen molar-refractivity contribution < 1.29 is 13.9 Å². The molecule has 5 nitrogen and oxygen atoms in total. The second-order valence-corrected chi connectivity index (χ2v) is 5.83. The van der Waals surface area contributed by atoms with Gasteiger partial charge < -0.3 is 19.8 Å². The van der Waals surface area contributed by atoms with Crippen molar-refractivity contribution in [2.45, 2.75) is 45.8 Å². The van der Waals surface area contributed by atoms with E-state index < -0.39 is 5.60 Å². The summed E-state index contributed by atoms with van der Waals surface area (Å²) < 4.78 is 11.0. The first-order chi connectivity index (χ1) is 8.89. The third-order valence-corrected chi connectivity index (χ3v) is 3.06. The monoisotopic (exact) mass is 266 g/mol. The molecule has 2 rings (SSSR count). The van der Waals surface area contributed by atoms with Crippen LogP contribution in [0.3, 0.4) is 0 Å². The number of ether oxygens (including phenoxy) is 1. The number of nitrogens with two attached hydrogens (primary N) is 1. The van der Waals surface area contributed by atoms with E-state index in [1.54, 1.807) is 4.90 Å². The Bertz CT molecular complexity index is 434. The molecule has 1 aliphatic heterocycles. The zero-order valence-electron chi connectivity index (χ0n) is 11.9. The maximum Gasteiger partial charge on any atom is 0.410 e. The molecule has 0 fully saturated rings. The van der Waals surface area contributed by atoms with E-state index in [0.29, 0.717) is 26.1 Å². The summed E-state index contributed by atoms with van der Waals surface area (Å²) in [7, 11) is 0. The molecule has 0 spiro atoms. The minimum atomic E-state index is -0.456. The highest BCUT2D eigenvalue weighted by Crippen LogP contribution is 2.21. The van der Waals surface area contributed by atoms with Crippen LogP contribution in [0.2, 0.25) is 0 Å². The fourth-order valence-electron chi connectivity index (χ4n) is 2.16. The number of carbonyl (C=O) groups is 1. The summed E-state index contributed by atoms with van der Waals surface area (Å²) in [5.41, 5.74) is 6.27. The molecule has 0 aromatic carbocycles. The van der Waals surface area contributed by atoms with E-state index >= 15 is 0 Å². The number of amides is 1. The Hall–Kier alpha value is -1.49. The van der Waals surface area contributed by atoms with Gasteiger partial charge in [-0.05, 0) is 38.8 Å². The highest BCUT2D eigenvalue weighted by Gasteiger charge is 2.25. The predicted molar refractivity (Wildman–Crippen MR) is 71.8 cm³/mol. The first-order valence-electron chi connectivity index (χ1n) is 6.67. The first-order valence-corrected chi connectivity index (χ1v) is 6.67. The maximum atomic E-state index is 12.0. The highest BCUT2D eigenvalue weighted by atomic mass is 16.6. The molecular formula is C14H22N2O3. The van der Waals surface area contributed by atoms with Crippen molar-refractivity contribution >= 4 is 6.09 Å². The molecule has 0 saturated carbocycles. The molecule has 0 saturated heterocycles. The lowest BCUT2D eigenvalue weighted by atomic mass is 10.1. The Kier molecular flexibility index (Phi) is 3.85. The lowest BCUT2D eigenvalue weighted by Gasteiger charge is -2.26. The molecule has 19 heavy (non-hydrogen) atoms. The van der Waals surface area contributed by atoms with Crippen LogP contribution in [0.25, 0.3) is 0 Å². The van der Waals surface area contributed by atoms with Gasteiger partial charge in [-0.2, -0.15) is 0 Å². The summed E-state index contributed by atoms with van der Waals surface area (Å²) >= 11 is 0. The second-order valence-electron chi connectivity index (χ2n) is 5.83. The van der Waals surface area contributed by atoms with Crippen molar-refractivity contribution in [2.75, 3.05) is 13.1 Å². The number of furan rings is 1. The number of fused-ring (bicyclic) bond motifs is 1. The van der Waals surface area contributed by atoms with Gasteiger partial charge in [0, 0.05) is 19.5 Å². The van der Waals surface area contributed by atoms with Crippen LogP contribution in [0.5, 0.6) is 0 Å². The normalized spacial score (nSPS) is 15.9.